The zero-order chi connectivity index (χ0) is 27.1. The minimum absolute atomic E-state index is 0.167. The van der Waals surface area contributed by atoms with Gasteiger partial charge in [-0.15, -0.1) is 0 Å². The lowest BCUT2D eigenvalue weighted by Crippen LogP contribution is -2.45. The van der Waals surface area contributed by atoms with E-state index in [4.69, 9.17) is 4.74 Å². The molecule has 1 fully saturated rings. The van der Waals surface area contributed by atoms with Gasteiger partial charge in [-0.25, -0.2) is 13.4 Å². The zero-order valence-electron chi connectivity index (χ0n) is 21.7. The molecule has 1 atom stereocenters. The number of aliphatic hydroxyl groups is 1. The van der Waals surface area contributed by atoms with E-state index < -0.39 is 16.1 Å². The number of benzene rings is 2. The molecule has 0 spiro atoms. The van der Waals surface area contributed by atoms with Gasteiger partial charge >= 0.3 is 0 Å². The molecule has 1 aliphatic rings. The standard InChI is InChI=1S/C28H36N4O5S/c1-20(2)21-3-10-27(11-4-21)38(35,36)31-23-5-12-28(30-17-23)32-15-13-22(14-16-32)29-18-25(34)19-37-26-8-6-24(33)7-9-26/h3-12,17,20,22,25,29,31,33-34H,13-16,18-19H2,1-2H3. The van der Waals surface area contributed by atoms with Gasteiger partial charge in [-0.05, 0) is 72.9 Å². The smallest absolute Gasteiger partial charge is 0.261 e. The van der Waals surface area contributed by atoms with Gasteiger partial charge < -0.3 is 25.2 Å². The normalized spacial score (nSPS) is 15.4. The summed E-state index contributed by atoms with van der Waals surface area (Å²) >= 11 is 0. The van der Waals surface area contributed by atoms with Gasteiger partial charge in [0, 0.05) is 25.7 Å². The lowest BCUT2D eigenvalue weighted by molar-refractivity contribution is 0.102. The molecule has 1 unspecified atom stereocenters. The van der Waals surface area contributed by atoms with Crippen LogP contribution >= 0.6 is 0 Å². The number of hydrogen-bond donors (Lipinski definition) is 4. The van der Waals surface area contributed by atoms with Gasteiger partial charge in [-0.3, -0.25) is 4.72 Å². The van der Waals surface area contributed by atoms with Gasteiger partial charge in [-0.2, -0.15) is 0 Å². The minimum atomic E-state index is -3.69. The van der Waals surface area contributed by atoms with E-state index >= 15 is 0 Å². The summed E-state index contributed by atoms with van der Waals surface area (Å²) in [4.78, 5) is 6.87. The second-order valence-corrected chi connectivity index (χ2v) is 11.5. The molecule has 4 rings (SSSR count). The van der Waals surface area contributed by atoms with E-state index in [2.05, 4.69) is 33.8 Å². The number of aliphatic hydroxyl groups excluding tert-OH is 1. The number of phenols is 1. The van der Waals surface area contributed by atoms with Crippen molar-refractivity contribution in [3.05, 3.63) is 72.4 Å². The summed E-state index contributed by atoms with van der Waals surface area (Å²) in [5.74, 6) is 1.91. The number of pyridine rings is 1. The highest BCUT2D eigenvalue weighted by Crippen LogP contribution is 2.23. The molecule has 0 amide bonds. The van der Waals surface area contributed by atoms with Crippen molar-refractivity contribution in [1.82, 2.24) is 10.3 Å². The van der Waals surface area contributed by atoms with Crippen LogP contribution in [-0.2, 0) is 10.0 Å². The van der Waals surface area contributed by atoms with E-state index in [0.717, 1.165) is 37.3 Å². The maximum Gasteiger partial charge on any atom is 0.261 e. The number of phenolic OH excluding ortho intramolecular Hbond substituents is 1. The maximum absolute atomic E-state index is 12.7. The first-order valence-corrected chi connectivity index (χ1v) is 14.3. The van der Waals surface area contributed by atoms with Crippen LogP contribution in [0.4, 0.5) is 11.5 Å². The first kappa shape index (κ1) is 27.7. The topological polar surface area (TPSA) is 124 Å². The molecule has 1 aromatic heterocycles. The minimum Gasteiger partial charge on any atom is -0.508 e. The second-order valence-electron chi connectivity index (χ2n) is 9.86. The predicted molar refractivity (Wildman–Crippen MR) is 148 cm³/mol. The number of aromatic hydroxyl groups is 1. The molecule has 2 heterocycles. The first-order valence-electron chi connectivity index (χ1n) is 12.9. The van der Waals surface area contributed by atoms with Gasteiger partial charge in [0.25, 0.3) is 10.0 Å². The van der Waals surface area contributed by atoms with Crippen molar-refractivity contribution in [3.8, 4) is 11.5 Å². The van der Waals surface area contributed by atoms with Crippen LogP contribution in [0.2, 0.25) is 0 Å². The van der Waals surface area contributed by atoms with Crippen LogP contribution in [0.3, 0.4) is 0 Å². The Kier molecular flexibility index (Phi) is 9.09. The number of rotatable bonds is 11. The van der Waals surface area contributed by atoms with Gasteiger partial charge in [-0.1, -0.05) is 26.0 Å². The number of nitrogens with zero attached hydrogens (tertiary/aromatic N) is 2. The van der Waals surface area contributed by atoms with Crippen LogP contribution in [0.25, 0.3) is 0 Å². The molecular weight excluding hydrogens is 504 g/mol. The van der Waals surface area contributed by atoms with E-state index in [1.807, 2.05) is 18.2 Å². The van der Waals surface area contributed by atoms with E-state index in [1.165, 1.54) is 0 Å². The highest BCUT2D eigenvalue weighted by Gasteiger charge is 2.21. The van der Waals surface area contributed by atoms with Gasteiger partial charge in [0.1, 0.15) is 30.0 Å². The molecule has 1 saturated heterocycles. The predicted octanol–water partition coefficient (Wildman–Crippen LogP) is 3.71. The fourth-order valence-corrected chi connectivity index (χ4v) is 5.33. The third kappa shape index (κ3) is 7.59. The summed E-state index contributed by atoms with van der Waals surface area (Å²) in [5.41, 5.74) is 1.51. The quantitative estimate of drug-likeness (QED) is 0.290. The Bertz CT molecular complexity index is 1260. The average Bonchev–Trinajstić information content (AvgIpc) is 2.92. The van der Waals surface area contributed by atoms with Gasteiger partial charge in [0.15, 0.2) is 0 Å². The summed E-state index contributed by atoms with van der Waals surface area (Å²) in [5, 5.41) is 23.0. The highest BCUT2D eigenvalue weighted by molar-refractivity contribution is 7.92. The Morgan fingerprint density at radius 1 is 1.03 bits per heavy atom. The third-order valence-corrected chi connectivity index (χ3v) is 7.99. The monoisotopic (exact) mass is 540 g/mol. The van der Waals surface area contributed by atoms with Gasteiger partial charge in [0.05, 0.1) is 16.8 Å². The van der Waals surface area contributed by atoms with E-state index in [-0.39, 0.29) is 23.3 Å². The van der Waals surface area contributed by atoms with Crippen LogP contribution in [0.1, 0.15) is 38.2 Å². The Morgan fingerprint density at radius 3 is 2.32 bits per heavy atom. The largest absolute Gasteiger partial charge is 0.508 e. The van der Waals surface area contributed by atoms with Crippen LogP contribution in [0.15, 0.2) is 71.8 Å². The molecule has 9 nitrogen and oxygen atoms in total. The zero-order valence-corrected chi connectivity index (χ0v) is 22.6. The molecule has 10 heteroatoms. The molecule has 0 radical (unpaired) electrons. The molecule has 4 N–H and O–H groups in total. The lowest BCUT2D eigenvalue weighted by atomic mass is 10.0. The number of ether oxygens (including phenoxy) is 1. The summed E-state index contributed by atoms with van der Waals surface area (Å²) in [6.45, 7) is 6.33. The number of nitrogens with one attached hydrogen (secondary N) is 2. The second kappa shape index (κ2) is 12.5. The van der Waals surface area contributed by atoms with Crippen molar-refractivity contribution in [1.29, 1.82) is 0 Å². The molecule has 0 saturated carbocycles. The van der Waals surface area contributed by atoms with E-state index in [9.17, 15) is 18.6 Å². The summed E-state index contributed by atoms with van der Waals surface area (Å²) in [7, 11) is -3.69. The number of aromatic nitrogens is 1. The number of anilines is 2. The first-order chi connectivity index (χ1) is 18.2. The molecule has 204 valence electrons. The molecule has 0 aliphatic carbocycles. The third-order valence-electron chi connectivity index (χ3n) is 6.60. The fourth-order valence-electron chi connectivity index (χ4n) is 4.29. The molecular formula is C28H36N4O5S. The number of sulfonamides is 1. The highest BCUT2D eigenvalue weighted by atomic mass is 32.2. The maximum atomic E-state index is 12.7. The summed E-state index contributed by atoms with van der Waals surface area (Å²) in [6, 6.07) is 17.2. The van der Waals surface area contributed by atoms with Crippen molar-refractivity contribution in [2.75, 3.05) is 35.9 Å². The molecule has 3 aromatic rings. The van der Waals surface area contributed by atoms with Crippen LogP contribution in [-0.4, -0.2) is 62.0 Å². The Labute approximate surface area is 224 Å². The molecule has 2 aromatic carbocycles. The van der Waals surface area contributed by atoms with Gasteiger partial charge in [0.2, 0.25) is 0 Å². The SMILES string of the molecule is CC(C)c1ccc(S(=O)(=O)Nc2ccc(N3CCC(NCC(O)COc4ccc(O)cc4)CC3)nc2)cc1. The van der Waals surface area contributed by atoms with E-state index in [0.29, 0.717) is 23.9 Å². The summed E-state index contributed by atoms with van der Waals surface area (Å²) in [6.07, 6.45) is 2.69. The van der Waals surface area contributed by atoms with Crippen molar-refractivity contribution < 1.29 is 23.4 Å². The van der Waals surface area contributed by atoms with Crippen molar-refractivity contribution in [2.45, 2.75) is 49.6 Å². The molecule has 38 heavy (non-hydrogen) atoms. The average molecular weight is 541 g/mol. The van der Waals surface area contributed by atoms with Crippen LogP contribution in [0.5, 0.6) is 11.5 Å². The van der Waals surface area contributed by atoms with Crippen molar-refractivity contribution >= 4 is 21.5 Å². The Morgan fingerprint density at radius 2 is 1.71 bits per heavy atom. The van der Waals surface area contributed by atoms with Crippen LogP contribution in [0, 0.1) is 0 Å². The van der Waals surface area contributed by atoms with Crippen molar-refractivity contribution in [2.24, 2.45) is 0 Å². The summed E-state index contributed by atoms with van der Waals surface area (Å²) < 4.78 is 33.7. The van der Waals surface area contributed by atoms with E-state index in [1.54, 1.807) is 48.7 Å². The number of piperidine rings is 1. The van der Waals surface area contributed by atoms with Crippen molar-refractivity contribution in [3.63, 3.8) is 0 Å². The molecule has 1 aliphatic heterocycles. The fraction of sp³-hybridized carbons (Fsp3) is 0.393. The van der Waals surface area contributed by atoms with Crippen LogP contribution < -0.4 is 19.7 Å². The Balaban J connectivity index is 1.21. The Hall–Kier alpha value is -3.34. The molecule has 0 bridgehead atoms. The number of hydrogen-bond acceptors (Lipinski definition) is 8. The lowest BCUT2D eigenvalue weighted by Gasteiger charge is -2.33.